The summed E-state index contributed by atoms with van der Waals surface area (Å²) < 4.78 is 18.3. The molecule has 0 aliphatic heterocycles. The first-order valence-electron chi connectivity index (χ1n) is 6.00. The summed E-state index contributed by atoms with van der Waals surface area (Å²) >= 11 is 0. The van der Waals surface area contributed by atoms with Crippen molar-refractivity contribution in [3.8, 4) is 5.75 Å². The highest BCUT2D eigenvalue weighted by molar-refractivity contribution is 5.92. The van der Waals surface area contributed by atoms with Gasteiger partial charge in [0.05, 0.1) is 7.11 Å². The maximum atomic E-state index is 13.4. The molecule has 1 saturated carbocycles. The average Bonchev–Trinajstić information content (AvgIpc) is 2.76. The summed E-state index contributed by atoms with van der Waals surface area (Å²) in [4.78, 5) is 11.9. The molecule has 1 aliphatic rings. The van der Waals surface area contributed by atoms with E-state index in [0.29, 0.717) is 12.1 Å². The summed E-state index contributed by atoms with van der Waals surface area (Å²) in [5.74, 6) is -0.480. The number of rotatable bonds is 3. The normalized spacial score (nSPS) is 22.8. The molecule has 1 aromatic rings. The first-order valence-corrected chi connectivity index (χ1v) is 6.00. The first-order chi connectivity index (χ1) is 8.60. The van der Waals surface area contributed by atoms with E-state index in [-0.39, 0.29) is 23.6 Å². The van der Waals surface area contributed by atoms with Crippen molar-refractivity contribution in [2.45, 2.75) is 25.3 Å². The maximum Gasteiger partial charge on any atom is 0.227 e. The van der Waals surface area contributed by atoms with Gasteiger partial charge < -0.3 is 15.8 Å². The van der Waals surface area contributed by atoms with Gasteiger partial charge in [-0.15, -0.1) is 0 Å². The molecule has 4 nitrogen and oxygen atoms in total. The molecule has 0 heterocycles. The molecule has 2 rings (SSSR count). The van der Waals surface area contributed by atoms with Crippen molar-refractivity contribution in [2.75, 3.05) is 12.4 Å². The topological polar surface area (TPSA) is 64.3 Å². The van der Waals surface area contributed by atoms with Crippen LogP contribution in [-0.2, 0) is 4.79 Å². The molecule has 1 aliphatic carbocycles. The highest BCUT2D eigenvalue weighted by atomic mass is 19.1. The predicted molar refractivity (Wildman–Crippen MR) is 66.9 cm³/mol. The standard InChI is InChI=1S/C13H17FN2O2/c1-18-12-5-4-10(7-11(12)14)16-13(17)8-2-3-9(15)6-8/h4-5,7-9H,2-3,6,15H2,1H3,(H,16,17). The summed E-state index contributed by atoms with van der Waals surface area (Å²) in [6, 6.07) is 4.47. The third-order valence-electron chi connectivity index (χ3n) is 3.26. The minimum atomic E-state index is -0.488. The predicted octanol–water partition coefficient (Wildman–Crippen LogP) is 1.90. The minimum Gasteiger partial charge on any atom is -0.494 e. The van der Waals surface area contributed by atoms with Gasteiger partial charge in [0.2, 0.25) is 5.91 Å². The van der Waals surface area contributed by atoms with Gasteiger partial charge in [0.25, 0.3) is 0 Å². The summed E-state index contributed by atoms with van der Waals surface area (Å²) in [5, 5.41) is 2.71. The molecule has 1 amide bonds. The number of hydrogen-bond donors (Lipinski definition) is 2. The lowest BCUT2D eigenvalue weighted by Crippen LogP contribution is -2.23. The molecule has 18 heavy (non-hydrogen) atoms. The van der Waals surface area contributed by atoms with E-state index in [2.05, 4.69) is 5.32 Å². The Hall–Kier alpha value is -1.62. The number of nitrogens with one attached hydrogen (secondary N) is 1. The highest BCUT2D eigenvalue weighted by Gasteiger charge is 2.27. The number of ether oxygens (including phenoxy) is 1. The Morgan fingerprint density at radius 1 is 1.50 bits per heavy atom. The van der Waals surface area contributed by atoms with E-state index in [9.17, 15) is 9.18 Å². The SMILES string of the molecule is COc1ccc(NC(=O)C2CCC(N)C2)cc1F. The molecule has 0 radical (unpaired) electrons. The zero-order valence-electron chi connectivity index (χ0n) is 10.3. The molecule has 98 valence electrons. The Morgan fingerprint density at radius 2 is 2.28 bits per heavy atom. The fourth-order valence-corrected chi connectivity index (χ4v) is 2.24. The van der Waals surface area contributed by atoms with Crippen molar-refractivity contribution >= 4 is 11.6 Å². The summed E-state index contributed by atoms with van der Waals surface area (Å²) in [7, 11) is 1.40. The summed E-state index contributed by atoms with van der Waals surface area (Å²) in [5.41, 5.74) is 6.21. The second-order valence-electron chi connectivity index (χ2n) is 4.61. The Balaban J connectivity index is 2.01. The van der Waals surface area contributed by atoms with Crippen molar-refractivity contribution < 1.29 is 13.9 Å². The van der Waals surface area contributed by atoms with Crippen LogP contribution in [0.4, 0.5) is 10.1 Å². The zero-order valence-corrected chi connectivity index (χ0v) is 10.3. The van der Waals surface area contributed by atoms with Gasteiger partial charge in [-0.25, -0.2) is 4.39 Å². The number of nitrogens with two attached hydrogens (primary N) is 1. The van der Waals surface area contributed by atoms with Crippen molar-refractivity contribution in [3.63, 3.8) is 0 Å². The number of hydrogen-bond acceptors (Lipinski definition) is 3. The third kappa shape index (κ3) is 2.79. The van der Waals surface area contributed by atoms with E-state index < -0.39 is 5.82 Å². The number of benzene rings is 1. The second-order valence-corrected chi connectivity index (χ2v) is 4.61. The molecule has 0 saturated heterocycles. The number of anilines is 1. The smallest absolute Gasteiger partial charge is 0.227 e. The largest absolute Gasteiger partial charge is 0.494 e. The molecule has 2 atom stereocenters. The van der Waals surface area contributed by atoms with Gasteiger partial charge in [-0.1, -0.05) is 0 Å². The van der Waals surface area contributed by atoms with Gasteiger partial charge in [0, 0.05) is 23.7 Å². The van der Waals surface area contributed by atoms with Gasteiger partial charge in [-0.3, -0.25) is 4.79 Å². The fourth-order valence-electron chi connectivity index (χ4n) is 2.24. The Bertz CT molecular complexity index is 451. The molecule has 3 N–H and O–H groups in total. The molecule has 0 bridgehead atoms. The van der Waals surface area contributed by atoms with Gasteiger partial charge in [0.1, 0.15) is 0 Å². The number of amides is 1. The lowest BCUT2D eigenvalue weighted by Gasteiger charge is -2.11. The van der Waals surface area contributed by atoms with Crippen LogP contribution >= 0.6 is 0 Å². The van der Waals surface area contributed by atoms with Gasteiger partial charge in [-0.2, -0.15) is 0 Å². The molecule has 5 heteroatoms. The lowest BCUT2D eigenvalue weighted by molar-refractivity contribution is -0.119. The monoisotopic (exact) mass is 252 g/mol. The van der Waals surface area contributed by atoms with Crippen molar-refractivity contribution in [3.05, 3.63) is 24.0 Å². The van der Waals surface area contributed by atoms with E-state index in [1.165, 1.54) is 19.2 Å². The van der Waals surface area contributed by atoms with E-state index in [1.54, 1.807) is 6.07 Å². The van der Waals surface area contributed by atoms with E-state index >= 15 is 0 Å². The molecule has 1 fully saturated rings. The van der Waals surface area contributed by atoms with Gasteiger partial charge >= 0.3 is 0 Å². The van der Waals surface area contributed by atoms with E-state index in [0.717, 1.165) is 12.8 Å². The zero-order chi connectivity index (χ0) is 13.1. The Labute approximate surface area is 105 Å². The van der Waals surface area contributed by atoms with Crippen LogP contribution in [0.1, 0.15) is 19.3 Å². The minimum absolute atomic E-state index is 0.0647. The van der Waals surface area contributed by atoms with Crippen LogP contribution in [0.2, 0.25) is 0 Å². The number of halogens is 1. The summed E-state index contributed by atoms with van der Waals surface area (Å²) in [6.45, 7) is 0. The second kappa shape index (κ2) is 5.35. The Morgan fingerprint density at radius 3 is 2.83 bits per heavy atom. The number of carbonyl (C=O) groups excluding carboxylic acids is 1. The molecule has 0 aromatic heterocycles. The van der Waals surface area contributed by atoms with Crippen LogP contribution in [-0.4, -0.2) is 19.1 Å². The highest BCUT2D eigenvalue weighted by Crippen LogP contribution is 2.26. The average molecular weight is 252 g/mol. The molecule has 0 spiro atoms. The van der Waals surface area contributed by atoms with Gasteiger partial charge in [0.15, 0.2) is 11.6 Å². The number of carbonyl (C=O) groups is 1. The van der Waals surface area contributed by atoms with Crippen LogP contribution in [0.25, 0.3) is 0 Å². The fraction of sp³-hybridized carbons (Fsp3) is 0.462. The van der Waals surface area contributed by atoms with Crippen LogP contribution < -0.4 is 15.8 Å². The Kier molecular flexibility index (Phi) is 3.81. The molecular formula is C13H17FN2O2. The van der Waals surface area contributed by atoms with E-state index in [4.69, 9.17) is 10.5 Å². The number of methoxy groups -OCH3 is 1. The van der Waals surface area contributed by atoms with Crippen LogP contribution in [0.3, 0.4) is 0 Å². The van der Waals surface area contributed by atoms with Crippen molar-refractivity contribution in [1.29, 1.82) is 0 Å². The molecular weight excluding hydrogens is 235 g/mol. The van der Waals surface area contributed by atoms with Crippen LogP contribution in [0, 0.1) is 11.7 Å². The summed E-state index contributed by atoms with van der Waals surface area (Å²) in [6.07, 6.45) is 2.37. The first kappa shape index (κ1) is 12.8. The van der Waals surface area contributed by atoms with E-state index in [1.807, 2.05) is 0 Å². The molecule has 2 unspecified atom stereocenters. The van der Waals surface area contributed by atoms with Crippen LogP contribution in [0.15, 0.2) is 18.2 Å². The maximum absolute atomic E-state index is 13.4. The van der Waals surface area contributed by atoms with Gasteiger partial charge in [-0.05, 0) is 31.4 Å². The third-order valence-corrected chi connectivity index (χ3v) is 3.26. The molecule has 1 aromatic carbocycles. The quantitative estimate of drug-likeness (QED) is 0.863. The van der Waals surface area contributed by atoms with Crippen LogP contribution in [0.5, 0.6) is 5.75 Å². The lowest BCUT2D eigenvalue weighted by atomic mass is 10.1. The van der Waals surface area contributed by atoms with Crippen molar-refractivity contribution in [2.24, 2.45) is 11.7 Å². The van der Waals surface area contributed by atoms with Crippen molar-refractivity contribution in [1.82, 2.24) is 0 Å².